The van der Waals surface area contributed by atoms with E-state index >= 15 is 0 Å². The van der Waals surface area contributed by atoms with Gasteiger partial charge in [0.25, 0.3) is 0 Å². The van der Waals surface area contributed by atoms with E-state index in [-0.39, 0.29) is 11.9 Å². The maximum Gasteiger partial charge on any atom is 0.127 e. The van der Waals surface area contributed by atoms with Gasteiger partial charge in [-0.1, -0.05) is 6.07 Å². The van der Waals surface area contributed by atoms with Crippen LogP contribution in [0.1, 0.15) is 11.8 Å². The predicted octanol–water partition coefficient (Wildman–Crippen LogP) is 3.51. The number of rotatable bonds is 4. The van der Waals surface area contributed by atoms with E-state index in [0.717, 1.165) is 12.1 Å². The molecule has 0 saturated heterocycles. The maximum atomic E-state index is 13.1. The first-order valence-electron chi connectivity index (χ1n) is 5.48. The summed E-state index contributed by atoms with van der Waals surface area (Å²) >= 11 is 1.73. The van der Waals surface area contributed by atoms with E-state index in [1.54, 1.807) is 17.4 Å². The van der Waals surface area contributed by atoms with E-state index in [1.807, 2.05) is 6.07 Å². The van der Waals surface area contributed by atoms with Crippen LogP contribution in [0.15, 0.2) is 35.7 Å². The normalized spacial score (nSPS) is 12.4. The number of hydrogen-bond donors (Lipinski definition) is 2. The Hall–Kier alpha value is -1.55. The van der Waals surface area contributed by atoms with Crippen molar-refractivity contribution < 1.29 is 4.39 Å². The minimum atomic E-state index is -0.309. The van der Waals surface area contributed by atoms with E-state index < -0.39 is 0 Å². The molecule has 2 rings (SSSR count). The molecule has 2 nitrogen and oxygen atoms in total. The van der Waals surface area contributed by atoms with Crippen LogP contribution in [-0.4, -0.2) is 6.04 Å². The molecule has 90 valence electrons. The molecule has 0 aliphatic rings. The van der Waals surface area contributed by atoms with Crippen LogP contribution in [0.3, 0.4) is 0 Å². The van der Waals surface area contributed by atoms with Crippen molar-refractivity contribution in [3.8, 4) is 0 Å². The zero-order valence-corrected chi connectivity index (χ0v) is 10.4. The summed E-state index contributed by atoms with van der Waals surface area (Å²) in [4.78, 5) is 1.31. The summed E-state index contributed by atoms with van der Waals surface area (Å²) in [6.07, 6.45) is 0.925. The van der Waals surface area contributed by atoms with Gasteiger partial charge >= 0.3 is 0 Å². The highest BCUT2D eigenvalue weighted by Gasteiger charge is 2.05. The zero-order chi connectivity index (χ0) is 12.3. The molecule has 2 aromatic rings. The topological polar surface area (TPSA) is 38.0 Å². The Morgan fingerprint density at radius 3 is 2.88 bits per heavy atom. The molecule has 1 heterocycles. The third-order valence-corrected chi connectivity index (χ3v) is 3.32. The second-order valence-electron chi connectivity index (χ2n) is 4.10. The van der Waals surface area contributed by atoms with Gasteiger partial charge in [-0.15, -0.1) is 11.3 Å². The number of benzene rings is 1. The molecule has 1 atom stereocenters. The molecule has 0 spiro atoms. The van der Waals surface area contributed by atoms with Gasteiger partial charge in [-0.25, -0.2) is 4.39 Å². The lowest BCUT2D eigenvalue weighted by Crippen LogP contribution is -2.17. The quantitative estimate of drug-likeness (QED) is 0.815. The van der Waals surface area contributed by atoms with Gasteiger partial charge in [0.2, 0.25) is 0 Å². The molecule has 1 unspecified atom stereocenters. The summed E-state index contributed by atoms with van der Waals surface area (Å²) in [7, 11) is 0. The summed E-state index contributed by atoms with van der Waals surface area (Å²) in [5.74, 6) is -0.309. The van der Waals surface area contributed by atoms with E-state index in [0.29, 0.717) is 5.69 Å². The smallest absolute Gasteiger partial charge is 0.127 e. The van der Waals surface area contributed by atoms with Gasteiger partial charge in [-0.05, 0) is 36.6 Å². The minimum Gasteiger partial charge on any atom is -0.399 e. The molecule has 1 aromatic heterocycles. The number of halogens is 1. The molecule has 1 aromatic carbocycles. The van der Waals surface area contributed by atoms with Crippen LogP contribution in [0.5, 0.6) is 0 Å². The molecule has 0 fully saturated rings. The molecule has 3 N–H and O–H groups in total. The number of nitrogen functional groups attached to an aromatic ring is 1. The Bertz CT molecular complexity index is 462. The van der Waals surface area contributed by atoms with E-state index in [2.05, 4.69) is 23.7 Å². The van der Waals surface area contributed by atoms with Gasteiger partial charge < -0.3 is 11.1 Å². The van der Waals surface area contributed by atoms with Crippen molar-refractivity contribution >= 4 is 22.7 Å². The van der Waals surface area contributed by atoms with Gasteiger partial charge in [-0.3, -0.25) is 0 Å². The molecule has 0 bridgehead atoms. The molecule has 0 amide bonds. The number of nitrogens with two attached hydrogens (primary N) is 1. The van der Waals surface area contributed by atoms with Crippen molar-refractivity contribution in [2.45, 2.75) is 19.4 Å². The summed E-state index contributed by atoms with van der Waals surface area (Å²) in [5, 5.41) is 5.31. The van der Waals surface area contributed by atoms with Crippen LogP contribution in [0.4, 0.5) is 15.8 Å². The maximum absolute atomic E-state index is 13.1. The van der Waals surface area contributed by atoms with Crippen molar-refractivity contribution in [2.75, 3.05) is 11.1 Å². The Balaban J connectivity index is 2.00. The fourth-order valence-corrected chi connectivity index (χ4v) is 2.60. The van der Waals surface area contributed by atoms with Crippen LogP contribution in [0, 0.1) is 5.82 Å². The Labute approximate surface area is 104 Å². The number of hydrogen-bond acceptors (Lipinski definition) is 3. The average Bonchev–Trinajstić information content (AvgIpc) is 2.67. The lowest BCUT2D eigenvalue weighted by Gasteiger charge is -2.14. The van der Waals surface area contributed by atoms with Gasteiger partial charge in [0.05, 0.1) is 0 Å². The molecule has 4 heteroatoms. The largest absolute Gasteiger partial charge is 0.399 e. The first-order chi connectivity index (χ1) is 8.13. The van der Waals surface area contributed by atoms with Crippen molar-refractivity contribution in [1.82, 2.24) is 0 Å². The molecule has 0 aliphatic carbocycles. The SMILES string of the molecule is CC(Cc1cccs1)Nc1cc(N)cc(F)c1. The molecule has 0 aliphatic heterocycles. The van der Waals surface area contributed by atoms with E-state index in [1.165, 1.54) is 17.0 Å². The predicted molar refractivity (Wildman–Crippen MR) is 71.9 cm³/mol. The van der Waals surface area contributed by atoms with Gasteiger partial charge in [-0.2, -0.15) is 0 Å². The van der Waals surface area contributed by atoms with E-state index in [9.17, 15) is 4.39 Å². The van der Waals surface area contributed by atoms with Crippen LogP contribution in [0.25, 0.3) is 0 Å². The monoisotopic (exact) mass is 250 g/mol. The van der Waals surface area contributed by atoms with Gasteiger partial charge in [0.1, 0.15) is 5.82 Å². The second kappa shape index (κ2) is 5.19. The summed E-state index contributed by atoms with van der Waals surface area (Å²) in [5.41, 5.74) is 6.76. The van der Waals surface area contributed by atoms with Crippen molar-refractivity contribution in [1.29, 1.82) is 0 Å². The highest BCUT2D eigenvalue weighted by Crippen LogP contribution is 2.18. The zero-order valence-electron chi connectivity index (χ0n) is 9.61. The highest BCUT2D eigenvalue weighted by molar-refractivity contribution is 7.09. The molecule has 0 radical (unpaired) electrons. The third-order valence-electron chi connectivity index (χ3n) is 2.42. The summed E-state index contributed by atoms with van der Waals surface area (Å²) in [6, 6.07) is 8.90. The summed E-state index contributed by atoms with van der Waals surface area (Å²) in [6.45, 7) is 2.07. The Kier molecular flexibility index (Phi) is 3.64. The Morgan fingerprint density at radius 1 is 1.41 bits per heavy atom. The van der Waals surface area contributed by atoms with Crippen LogP contribution >= 0.6 is 11.3 Å². The molecular weight excluding hydrogens is 235 g/mol. The minimum absolute atomic E-state index is 0.245. The fraction of sp³-hybridized carbons (Fsp3) is 0.231. The summed E-state index contributed by atoms with van der Waals surface area (Å²) < 4.78 is 13.1. The molecular formula is C13H15FN2S. The second-order valence-corrected chi connectivity index (χ2v) is 5.13. The van der Waals surface area contributed by atoms with Crippen molar-refractivity contribution in [3.63, 3.8) is 0 Å². The van der Waals surface area contributed by atoms with E-state index in [4.69, 9.17) is 5.73 Å². The van der Waals surface area contributed by atoms with Gasteiger partial charge in [0, 0.05) is 28.7 Å². The first-order valence-corrected chi connectivity index (χ1v) is 6.36. The van der Waals surface area contributed by atoms with Crippen LogP contribution < -0.4 is 11.1 Å². The Morgan fingerprint density at radius 2 is 2.24 bits per heavy atom. The number of thiophene rings is 1. The standard InChI is InChI=1S/C13H15FN2S/c1-9(5-13-3-2-4-17-13)16-12-7-10(14)6-11(15)8-12/h2-4,6-9,16H,5,15H2,1H3. The van der Waals surface area contributed by atoms with Crippen LogP contribution in [0.2, 0.25) is 0 Å². The van der Waals surface area contributed by atoms with Crippen molar-refractivity contribution in [3.05, 3.63) is 46.4 Å². The van der Waals surface area contributed by atoms with Gasteiger partial charge in [0.15, 0.2) is 0 Å². The molecule has 17 heavy (non-hydrogen) atoms. The van der Waals surface area contributed by atoms with Crippen molar-refractivity contribution in [2.24, 2.45) is 0 Å². The average molecular weight is 250 g/mol. The number of nitrogens with one attached hydrogen (secondary N) is 1. The first kappa shape index (κ1) is 11.9. The fourth-order valence-electron chi connectivity index (χ4n) is 1.76. The molecule has 0 saturated carbocycles. The lowest BCUT2D eigenvalue weighted by molar-refractivity contribution is 0.628. The highest BCUT2D eigenvalue weighted by atomic mass is 32.1. The van der Waals surface area contributed by atoms with Crippen LogP contribution in [-0.2, 0) is 6.42 Å². The lowest BCUT2D eigenvalue weighted by atomic mass is 10.2. The third kappa shape index (κ3) is 3.46. The number of anilines is 2.